The van der Waals surface area contributed by atoms with Crippen molar-refractivity contribution in [1.29, 1.82) is 0 Å². The second kappa shape index (κ2) is 5.57. The molecule has 1 N–H and O–H groups in total. The molecule has 4 nitrogen and oxygen atoms in total. The van der Waals surface area contributed by atoms with Gasteiger partial charge in [-0.3, -0.25) is 4.98 Å². The first kappa shape index (κ1) is 13.5. The molecule has 112 valence electrons. The second-order valence-electron chi connectivity index (χ2n) is 5.46. The lowest BCUT2D eigenvalue weighted by Crippen LogP contribution is -1.89. The number of pyridine rings is 1. The fourth-order valence-corrected chi connectivity index (χ4v) is 2.55. The van der Waals surface area contributed by atoms with E-state index in [2.05, 4.69) is 34.3 Å². The standard InChI is InChI=1S/C19H15N3O/c1-13-3-2-4-17(9-13)22-19-21-12-18(23-19)15-5-6-16-11-20-8-7-14(16)10-15/h2-12H,1H3,(H,21,22). The molecular weight excluding hydrogens is 286 g/mol. The van der Waals surface area contributed by atoms with Crippen LogP contribution in [-0.4, -0.2) is 9.97 Å². The van der Waals surface area contributed by atoms with Gasteiger partial charge in [0.1, 0.15) is 0 Å². The minimum Gasteiger partial charge on any atom is -0.423 e. The Balaban J connectivity index is 1.63. The predicted octanol–water partition coefficient (Wildman–Crippen LogP) is 4.94. The Morgan fingerprint density at radius 1 is 0.957 bits per heavy atom. The Morgan fingerprint density at radius 2 is 1.91 bits per heavy atom. The molecular formula is C19H15N3O. The maximum absolute atomic E-state index is 5.82. The van der Waals surface area contributed by atoms with E-state index in [0.29, 0.717) is 6.01 Å². The van der Waals surface area contributed by atoms with Crippen molar-refractivity contribution in [3.8, 4) is 11.3 Å². The van der Waals surface area contributed by atoms with Gasteiger partial charge in [-0.15, -0.1) is 0 Å². The van der Waals surface area contributed by atoms with Gasteiger partial charge in [-0.05, 0) is 42.1 Å². The molecule has 0 aliphatic rings. The molecule has 0 fully saturated rings. The van der Waals surface area contributed by atoms with Gasteiger partial charge in [0.15, 0.2) is 5.76 Å². The summed E-state index contributed by atoms with van der Waals surface area (Å²) in [5.41, 5.74) is 3.14. The largest absolute Gasteiger partial charge is 0.423 e. The zero-order chi connectivity index (χ0) is 15.6. The van der Waals surface area contributed by atoms with Crippen molar-refractivity contribution in [2.45, 2.75) is 6.92 Å². The van der Waals surface area contributed by atoms with Crippen molar-refractivity contribution in [3.63, 3.8) is 0 Å². The Morgan fingerprint density at radius 3 is 2.83 bits per heavy atom. The summed E-state index contributed by atoms with van der Waals surface area (Å²) in [7, 11) is 0. The van der Waals surface area contributed by atoms with Gasteiger partial charge < -0.3 is 9.73 Å². The number of rotatable bonds is 3. The molecule has 2 heterocycles. The fraction of sp³-hybridized carbons (Fsp3) is 0.0526. The maximum Gasteiger partial charge on any atom is 0.299 e. The smallest absolute Gasteiger partial charge is 0.299 e. The Bertz CT molecular complexity index is 975. The van der Waals surface area contributed by atoms with Gasteiger partial charge in [0.25, 0.3) is 6.01 Å². The van der Waals surface area contributed by atoms with Crippen molar-refractivity contribution < 1.29 is 4.42 Å². The van der Waals surface area contributed by atoms with E-state index in [-0.39, 0.29) is 0 Å². The van der Waals surface area contributed by atoms with Crippen molar-refractivity contribution in [2.75, 3.05) is 5.32 Å². The number of benzene rings is 2. The molecule has 0 amide bonds. The Kier molecular flexibility index (Phi) is 3.27. The third kappa shape index (κ3) is 2.79. The average molecular weight is 301 g/mol. The number of fused-ring (bicyclic) bond motifs is 1. The first-order valence-electron chi connectivity index (χ1n) is 7.42. The monoisotopic (exact) mass is 301 g/mol. The molecule has 0 radical (unpaired) electrons. The zero-order valence-corrected chi connectivity index (χ0v) is 12.7. The number of aromatic nitrogens is 2. The first-order chi connectivity index (χ1) is 11.3. The van der Waals surface area contributed by atoms with E-state index < -0.39 is 0 Å². The normalized spacial score (nSPS) is 10.8. The van der Waals surface area contributed by atoms with Crippen LogP contribution in [0, 0.1) is 6.92 Å². The molecule has 0 saturated heterocycles. The molecule has 0 unspecified atom stereocenters. The van der Waals surface area contributed by atoms with Crippen LogP contribution in [0.2, 0.25) is 0 Å². The summed E-state index contributed by atoms with van der Waals surface area (Å²) in [4.78, 5) is 8.43. The summed E-state index contributed by atoms with van der Waals surface area (Å²) in [6, 6.07) is 16.7. The molecule has 2 aromatic carbocycles. The zero-order valence-electron chi connectivity index (χ0n) is 12.7. The molecule has 0 aliphatic heterocycles. The molecule has 0 spiro atoms. The third-order valence-corrected chi connectivity index (χ3v) is 3.70. The summed E-state index contributed by atoms with van der Waals surface area (Å²) < 4.78 is 5.82. The van der Waals surface area contributed by atoms with E-state index in [1.54, 1.807) is 12.4 Å². The number of oxazole rings is 1. The average Bonchev–Trinajstić information content (AvgIpc) is 3.03. The number of anilines is 2. The van der Waals surface area contributed by atoms with Crippen molar-refractivity contribution in [2.24, 2.45) is 0 Å². The highest BCUT2D eigenvalue weighted by Gasteiger charge is 2.07. The molecule has 0 saturated carbocycles. The quantitative estimate of drug-likeness (QED) is 0.582. The van der Waals surface area contributed by atoms with Crippen LogP contribution in [0.4, 0.5) is 11.7 Å². The Hall–Kier alpha value is -3.14. The van der Waals surface area contributed by atoms with Crippen molar-refractivity contribution >= 4 is 22.5 Å². The van der Waals surface area contributed by atoms with Gasteiger partial charge in [0.05, 0.1) is 6.20 Å². The van der Waals surface area contributed by atoms with Crippen LogP contribution >= 0.6 is 0 Å². The van der Waals surface area contributed by atoms with Crippen LogP contribution in [0.15, 0.2) is 71.5 Å². The van der Waals surface area contributed by atoms with Gasteiger partial charge in [0.2, 0.25) is 0 Å². The molecule has 23 heavy (non-hydrogen) atoms. The minimum atomic E-state index is 0.487. The summed E-state index contributed by atoms with van der Waals surface area (Å²) in [6.07, 6.45) is 5.38. The SMILES string of the molecule is Cc1cccc(Nc2ncc(-c3ccc4cnccc4c3)o2)c1. The minimum absolute atomic E-state index is 0.487. The fourth-order valence-electron chi connectivity index (χ4n) is 2.55. The van der Waals surface area contributed by atoms with E-state index in [0.717, 1.165) is 27.8 Å². The summed E-state index contributed by atoms with van der Waals surface area (Å²) in [6.45, 7) is 2.05. The topological polar surface area (TPSA) is 51.0 Å². The highest BCUT2D eigenvalue weighted by molar-refractivity contribution is 5.85. The van der Waals surface area contributed by atoms with E-state index in [4.69, 9.17) is 4.42 Å². The summed E-state index contributed by atoms with van der Waals surface area (Å²) >= 11 is 0. The molecule has 0 bridgehead atoms. The highest BCUT2D eigenvalue weighted by Crippen LogP contribution is 2.27. The molecule has 4 rings (SSSR count). The number of hydrogen-bond donors (Lipinski definition) is 1. The molecule has 0 aliphatic carbocycles. The number of nitrogens with zero attached hydrogens (tertiary/aromatic N) is 2. The molecule has 0 atom stereocenters. The lowest BCUT2D eigenvalue weighted by molar-refractivity contribution is 0.592. The van der Waals surface area contributed by atoms with Gasteiger partial charge in [-0.2, -0.15) is 0 Å². The first-order valence-corrected chi connectivity index (χ1v) is 7.42. The second-order valence-corrected chi connectivity index (χ2v) is 5.46. The van der Waals surface area contributed by atoms with Gasteiger partial charge >= 0.3 is 0 Å². The van der Waals surface area contributed by atoms with Crippen LogP contribution < -0.4 is 5.32 Å². The molecule has 4 aromatic rings. The van der Waals surface area contributed by atoms with E-state index >= 15 is 0 Å². The summed E-state index contributed by atoms with van der Waals surface area (Å²) in [5.74, 6) is 0.735. The van der Waals surface area contributed by atoms with Crippen LogP contribution in [0.3, 0.4) is 0 Å². The van der Waals surface area contributed by atoms with Crippen molar-refractivity contribution in [1.82, 2.24) is 9.97 Å². The number of hydrogen-bond acceptors (Lipinski definition) is 4. The number of aryl methyl sites for hydroxylation is 1. The predicted molar refractivity (Wildman–Crippen MR) is 91.7 cm³/mol. The maximum atomic E-state index is 5.82. The van der Waals surface area contributed by atoms with Gasteiger partial charge in [-0.25, -0.2) is 4.98 Å². The van der Waals surface area contributed by atoms with Crippen molar-refractivity contribution in [3.05, 3.63) is 72.7 Å². The third-order valence-electron chi connectivity index (χ3n) is 3.70. The molecule has 4 heteroatoms. The van der Waals surface area contributed by atoms with Crippen LogP contribution in [0.25, 0.3) is 22.1 Å². The van der Waals surface area contributed by atoms with Crippen LogP contribution in [0.5, 0.6) is 0 Å². The number of nitrogens with one attached hydrogen (secondary N) is 1. The van der Waals surface area contributed by atoms with E-state index in [9.17, 15) is 0 Å². The molecule has 2 aromatic heterocycles. The van der Waals surface area contributed by atoms with E-state index in [1.807, 2.05) is 42.6 Å². The lowest BCUT2D eigenvalue weighted by atomic mass is 10.1. The van der Waals surface area contributed by atoms with Gasteiger partial charge in [-0.1, -0.05) is 24.3 Å². The van der Waals surface area contributed by atoms with E-state index in [1.165, 1.54) is 5.56 Å². The van der Waals surface area contributed by atoms with Crippen LogP contribution in [-0.2, 0) is 0 Å². The van der Waals surface area contributed by atoms with Gasteiger partial charge in [0, 0.05) is 29.0 Å². The summed E-state index contributed by atoms with van der Waals surface area (Å²) in [5, 5.41) is 5.42. The lowest BCUT2D eigenvalue weighted by Gasteiger charge is -2.03. The van der Waals surface area contributed by atoms with Crippen LogP contribution in [0.1, 0.15) is 5.56 Å². The Labute approximate surface area is 133 Å². The highest BCUT2D eigenvalue weighted by atomic mass is 16.4.